The summed E-state index contributed by atoms with van der Waals surface area (Å²) in [6.45, 7) is 6.20. The lowest BCUT2D eigenvalue weighted by molar-refractivity contribution is -0.140. The van der Waals surface area contributed by atoms with Crippen LogP contribution >= 0.6 is 0 Å². The summed E-state index contributed by atoms with van der Waals surface area (Å²) in [5.74, 6) is 0.755. The van der Waals surface area contributed by atoms with E-state index in [4.69, 9.17) is 13.9 Å². The van der Waals surface area contributed by atoms with Crippen molar-refractivity contribution >= 4 is 5.97 Å². The van der Waals surface area contributed by atoms with Crippen molar-refractivity contribution in [1.29, 1.82) is 0 Å². The van der Waals surface area contributed by atoms with Gasteiger partial charge in [-0.3, -0.25) is 0 Å². The fraction of sp³-hybridized carbons (Fsp3) is 0.308. The van der Waals surface area contributed by atoms with Gasteiger partial charge in [0.1, 0.15) is 18.6 Å². The Morgan fingerprint density at radius 3 is 2.39 bits per heavy atom. The summed E-state index contributed by atoms with van der Waals surface area (Å²) < 4.78 is 16.0. The molecule has 1 heterocycles. The zero-order chi connectivity index (χ0) is 22.1. The molecule has 0 aliphatic heterocycles. The molecule has 2 aromatic carbocycles. The number of oxazole rings is 1. The zero-order valence-electron chi connectivity index (χ0n) is 18.2. The number of nitrogens with zero attached hydrogens (tertiary/aromatic N) is 1. The van der Waals surface area contributed by atoms with Gasteiger partial charge in [0.05, 0.1) is 19.2 Å². The van der Waals surface area contributed by atoms with Gasteiger partial charge in [0.2, 0.25) is 0 Å². The van der Waals surface area contributed by atoms with Crippen LogP contribution in [0.3, 0.4) is 0 Å². The SMILES string of the molecule is C=C(Cc1nc(Cc2ccc(CCCC)cc2)co1)C(=O)OCc1ccc(OC)cc1. The molecule has 0 saturated heterocycles. The average molecular weight is 420 g/mol. The van der Waals surface area contributed by atoms with E-state index in [1.807, 2.05) is 24.3 Å². The number of methoxy groups -OCH3 is 1. The average Bonchev–Trinajstić information content (AvgIpc) is 3.23. The lowest BCUT2D eigenvalue weighted by Gasteiger charge is -2.07. The Labute approximate surface area is 183 Å². The van der Waals surface area contributed by atoms with Crippen LogP contribution in [0.25, 0.3) is 0 Å². The molecule has 0 N–H and O–H groups in total. The van der Waals surface area contributed by atoms with Crippen molar-refractivity contribution in [3.63, 3.8) is 0 Å². The van der Waals surface area contributed by atoms with Gasteiger partial charge in [-0.15, -0.1) is 0 Å². The largest absolute Gasteiger partial charge is 0.497 e. The number of carbonyl (C=O) groups is 1. The van der Waals surface area contributed by atoms with E-state index >= 15 is 0 Å². The Kier molecular flexibility index (Phi) is 8.05. The third-order valence-electron chi connectivity index (χ3n) is 5.01. The van der Waals surface area contributed by atoms with Crippen LogP contribution in [0.5, 0.6) is 5.75 Å². The highest BCUT2D eigenvalue weighted by atomic mass is 16.5. The molecule has 0 amide bonds. The van der Waals surface area contributed by atoms with Crippen molar-refractivity contribution in [3.05, 3.63) is 95.2 Å². The fourth-order valence-electron chi connectivity index (χ4n) is 3.15. The monoisotopic (exact) mass is 419 g/mol. The second-order valence-electron chi connectivity index (χ2n) is 7.53. The Morgan fingerprint density at radius 1 is 1.03 bits per heavy atom. The Hall–Kier alpha value is -3.34. The summed E-state index contributed by atoms with van der Waals surface area (Å²) >= 11 is 0. The van der Waals surface area contributed by atoms with Gasteiger partial charge in [-0.25, -0.2) is 9.78 Å². The van der Waals surface area contributed by atoms with E-state index in [1.165, 1.54) is 24.0 Å². The number of esters is 1. The first-order valence-corrected chi connectivity index (χ1v) is 10.6. The molecule has 5 nitrogen and oxygen atoms in total. The standard InChI is InChI=1S/C26H29NO4/c1-4-5-6-20-7-9-21(10-8-20)16-23-18-30-25(27-23)15-19(2)26(28)31-17-22-11-13-24(29-3)14-12-22/h7-14,18H,2,4-6,15-17H2,1,3H3. The first-order chi connectivity index (χ1) is 15.1. The van der Waals surface area contributed by atoms with Gasteiger partial charge in [-0.1, -0.05) is 56.3 Å². The molecule has 0 aliphatic carbocycles. The molecule has 3 rings (SSSR count). The zero-order valence-corrected chi connectivity index (χ0v) is 18.2. The predicted octanol–water partition coefficient (Wildman–Crippen LogP) is 5.46. The van der Waals surface area contributed by atoms with Gasteiger partial charge in [0, 0.05) is 12.0 Å². The predicted molar refractivity (Wildman–Crippen MR) is 120 cm³/mol. The molecular weight excluding hydrogens is 390 g/mol. The van der Waals surface area contributed by atoms with E-state index < -0.39 is 5.97 Å². The van der Waals surface area contributed by atoms with Gasteiger partial charge in [0.25, 0.3) is 0 Å². The van der Waals surface area contributed by atoms with Gasteiger partial charge < -0.3 is 13.9 Å². The summed E-state index contributed by atoms with van der Waals surface area (Å²) in [6, 6.07) is 16.0. The van der Waals surface area contributed by atoms with Gasteiger partial charge in [0.15, 0.2) is 5.89 Å². The third-order valence-corrected chi connectivity index (χ3v) is 5.01. The molecule has 0 saturated carbocycles. The van der Waals surface area contributed by atoms with Crippen LogP contribution in [0.2, 0.25) is 0 Å². The number of benzene rings is 2. The molecular formula is C26H29NO4. The van der Waals surface area contributed by atoms with Crippen molar-refractivity contribution in [2.75, 3.05) is 7.11 Å². The molecule has 0 spiro atoms. The molecule has 0 aliphatic rings. The molecule has 3 aromatic rings. The van der Waals surface area contributed by atoms with Crippen molar-refractivity contribution in [2.45, 2.75) is 45.6 Å². The molecule has 162 valence electrons. The van der Waals surface area contributed by atoms with E-state index in [0.29, 0.717) is 17.9 Å². The minimum Gasteiger partial charge on any atom is -0.497 e. The van der Waals surface area contributed by atoms with E-state index in [2.05, 4.69) is 42.8 Å². The minimum atomic E-state index is -0.460. The van der Waals surface area contributed by atoms with Crippen molar-refractivity contribution < 1.29 is 18.7 Å². The molecule has 0 bridgehead atoms. The molecule has 5 heteroatoms. The molecule has 1 aromatic heterocycles. The number of hydrogen-bond donors (Lipinski definition) is 0. The summed E-state index contributed by atoms with van der Waals surface area (Å²) in [7, 11) is 1.61. The quantitative estimate of drug-likeness (QED) is 0.305. The normalized spacial score (nSPS) is 10.6. The summed E-state index contributed by atoms with van der Waals surface area (Å²) in [5.41, 5.74) is 4.55. The first kappa shape index (κ1) is 22.3. The Bertz CT molecular complexity index is 987. The van der Waals surface area contributed by atoms with Crippen molar-refractivity contribution in [3.8, 4) is 5.75 Å². The second kappa shape index (κ2) is 11.2. The summed E-state index contributed by atoms with van der Waals surface area (Å²) in [4.78, 5) is 16.7. The van der Waals surface area contributed by atoms with Crippen LogP contribution in [0.4, 0.5) is 0 Å². The van der Waals surface area contributed by atoms with E-state index in [0.717, 1.165) is 23.4 Å². The van der Waals surface area contributed by atoms with Crippen LogP contribution < -0.4 is 4.74 Å². The maximum absolute atomic E-state index is 12.2. The maximum atomic E-state index is 12.2. The third kappa shape index (κ3) is 6.85. The highest BCUT2D eigenvalue weighted by Gasteiger charge is 2.14. The Morgan fingerprint density at radius 2 is 1.71 bits per heavy atom. The van der Waals surface area contributed by atoms with Gasteiger partial charge in [-0.2, -0.15) is 0 Å². The Balaban J connectivity index is 1.47. The number of aromatic nitrogens is 1. The summed E-state index contributed by atoms with van der Waals surface area (Å²) in [6.07, 6.45) is 6.06. The van der Waals surface area contributed by atoms with Crippen LogP contribution in [0.15, 0.2) is 71.4 Å². The lowest BCUT2D eigenvalue weighted by atomic mass is 10.0. The molecule has 31 heavy (non-hydrogen) atoms. The smallest absolute Gasteiger partial charge is 0.334 e. The van der Waals surface area contributed by atoms with Crippen LogP contribution in [-0.2, 0) is 35.4 Å². The highest BCUT2D eigenvalue weighted by molar-refractivity contribution is 5.88. The molecule has 0 fully saturated rings. The maximum Gasteiger partial charge on any atom is 0.334 e. The van der Waals surface area contributed by atoms with Crippen molar-refractivity contribution in [2.24, 2.45) is 0 Å². The fourth-order valence-corrected chi connectivity index (χ4v) is 3.15. The van der Waals surface area contributed by atoms with Crippen LogP contribution in [0.1, 0.15) is 48.0 Å². The van der Waals surface area contributed by atoms with Crippen LogP contribution in [0, 0.1) is 0 Å². The van der Waals surface area contributed by atoms with E-state index in [1.54, 1.807) is 13.4 Å². The number of hydrogen-bond acceptors (Lipinski definition) is 5. The number of rotatable bonds is 11. The van der Waals surface area contributed by atoms with E-state index in [-0.39, 0.29) is 13.0 Å². The summed E-state index contributed by atoms with van der Waals surface area (Å²) in [5, 5.41) is 0. The molecule has 0 radical (unpaired) electrons. The van der Waals surface area contributed by atoms with Gasteiger partial charge in [-0.05, 0) is 41.7 Å². The number of aryl methyl sites for hydroxylation is 1. The second-order valence-corrected chi connectivity index (χ2v) is 7.53. The first-order valence-electron chi connectivity index (χ1n) is 10.6. The van der Waals surface area contributed by atoms with E-state index in [9.17, 15) is 4.79 Å². The number of ether oxygens (including phenoxy) is 2. The number of unbranched alkanes of at least 4 members (excludes halogenated alkanes) is 1. The van der Waals surface area contributed by atoms with Crippen LogP contribution in [-0.4, -0.2) is 18.1 Å². The van der Waals surface area contributed by atoms with Gasteiger partial charge >= 0.3 is 5.97 Å². The molecule has 0 unspecified atom stereocenters. The topological polar surface area (TPSA) is 61.6 Å². The molecule has 0 atom stereocenters. The highest BCUT2D eigenvalue weighted by Crippen LogP contribution is 2.16. The number of carbonyl (C=O) groups excluding carboxylic acids is 1. The lowest BCUT2D eigenvalue weighted by Crippen LogP contribution is -2.09. The minimum absolute atomic E-state index is 0.174. The van der Waals surface area contributed by atoms with Crippen molar-refractivity contribution in [1.82, 2.24) is 4.98 Å².